The van der Waals surface area contributed by atoms with Crippen molar-refractivity contribution < 1.29 is 4.43 Å². The van der Waals surface area contributed by atoms with E-state index >= 15 is 0 Å². The lowest BCUT2D eigenvalue weighted by atomic mass is 10.4. The van der Waals surface area contributed by atoms with Gasteiger partial charge in [0.1, 0.15) is 0 Å². The van der Waals surface area contributed by atoms with Crippen molar-refractivity contribution in [1.82, 2.24) is 0 Å². The van der Waals surface area contributed by atoms with E-state index in [2.05, 4.69) is 37.6 Å². The summed E-state index contributed by atoms with van der Waals surface area (Å²) in [5.74, 6) is 0. The van der Waals surface area contributed by atoms with Crippen LogP contribution < -0.4 is 0 Å². The van der Waals surface area contributed by atoms with Crippen LogP contribution in [0.1, 0.15) is 26.3 Å². The molecule has 1 rings (SSSR count). The molecule has 0 spiro atoms. The Balaban J connectivity index is 2.48. The van der Waals surface area contributed by atoms with Crippen LogP contribution in [0.3, 0.4) is 0 Å². The molecule has 0 aliphatic heterocycles. The molecule has 0 aliphatic carbocycles. The van der Waals surface area contributed by atoms with Crippen molar-refractivity contribution in [3.63, 3.8) is 0 Å². The number of thiophene rings is 1. The first kappa shape index (κ1) is 11.9. The number of hydrogen-bond acceptors (Lipinski definition) is 2. The summed E-state index contributed by atoms with van der Waals surface area (Å²) < 4.78 is 6.17. The van der Waals surface area contributed by atoms with Gasteiger partial charge in [-0.3, -0.25) is 0 Å². The van der Waals surface area contributed by atoms with Gasteiger partial charge in [0.2, 0.25) is 0 Å². The maximum Gasteiger partial charge on any atom is 0.192 e. The van der Waals surface area contributed by atoms with E-state index in [0.29, 0.717) is 0 Å². The highest BCUT2D eigenvalue weighted by Crippen LogP contribution is 2.23. The van der Waals surface area contributed by atoms with Crippen molar-refractivity contribution in [2.24, 2.45) is 0 Å². The smallest absolute Gasteiger partial charge is 0.192 e. The highest BCUT2D eigenvalue weighted by molar-refractivity contribution is 7.07. The quantitative estimate of drug-likeness (QED) is 0.661. The van der Waals surface area contributed by atoms with Crippen molar-refractivity contribution in [3.05, 3.63) is 22.4 Å². The third kappa shape index (κ3) is 2.94. The summed E-state index contributed by atoms with van der Waals surface area (Å²) in [4.78, 5) is 0. The SMILES string of the molecule is CC[Si](CC)(CC)OCc1ccsc1. The number of hydrogen-bond donors (Lipinski definition) is 0. The molecule has 1 aromatic rings. The van der Waals surface area contributed by atoms with E-state index in [4.69, 9.17) is 4.43 Å². The molecular formula is C11H20OSSi. The third-order valence-corrected chi connectivity index (χ3v) is 8.41. The van der Waals surface area contributed by atoms with Gasteiger partial charge in [-0.15, -0.1) is 0 Å². The Kier molecular flexibility index (Phi) is 4.85. The summed E-state index contributed by atoms with van der Waals surface area (Å²) in [5.41, 5.74) is 1.34. The van der Waals surface area contributed by atoms with Crippen LogP contribution >= 0.6 is 11.3 Å². The lowest BCUT2D eigenvalue weighted by Gasteiger charge is -2.27. The molecule has 80 valence electrons. The third-order valence-electron chi connectivity index (χ3n) is 3.06. The van der Waals surface area contributed by atoms with Crippen molar-refractivity contribution in [3.8, 4) is 0 Å². The summed E-state index contributed by atoms with van der Waals surface area (Å²) in [5, 5.41) is 4.30. The Bertz CT molecular complexity index is 234. The zero-order chi connectivity index (χ0) is 10.4. The van der Waals surface area contributed by atoms with E-state index < -0.39 is 8.32 Å². The summed E-state index contributed by atoms with van der Waals surface area (Å²) in [6, 6.07) is 5.88. The van der Waals surface area contributed by atoms with E-state index in [1.165, 1.54) is 23.7 Å². The Hall–Kier alpha value is -0.123. The minimum atomic E-state index is -1.37. The topological polar surface area (TPSA) is 9.23 Å². The zero-order valence-corrected chi connectivity index (χ0v) is 11.2. The van der Waals surface area contributed by atoms with Gasteiger partial charge in [0.15, 0.2) is 8.32 Å². The molecule has 0 unspecified atom stereocenters. The van der Waals surface area contributed by atoms with Crippen LogP contribution in [0.15, 0.2) is 16.8 Å². The molecule has 14 heavy (non-hydrogen) atoms. The van der Waals surface area contributed by atoms with Crippen LogP contribution in [0.2, 0.25) is 18.1 Å². The molecule has 0 aliphatic rings. The molecule has 0 atom stereocenters. The molecule has 3 heteroatoms. The predicted octanol–water partition coefficient (Wildman–Crippen LogP) is 4.27. The molecule has 0 saturated carbocycles. The fourth-order valence-corrected chi connectivity index (χ4v) is 4.91. The summed E-state index contributed by atoms with van der Waals surface area (Å²) >= 11 is 1.75. The molecule has 0 N–H and O–H groups in total. The minimum absolute atomic E-state index is 0.825. The molecular weight excluding hydrogens is 208 g/mol. The first-order chi connectivity index (χ1) is 6.76. The van der Waals surface area contributed by atoms with Crippen LogP contribution in [0.25, 0.3) is 0 Å². The van der Waals surface area contributed by atoms with Crippen LogP contribution in [0.4, 0.5) is 0 Å². The van der Waals surface area contributed by atoms with Crippen molar-refractivity contribution in [2.75, 3.05) is 0 Å². The van der Waals surface area contributed by atoms with E-state index in [9.17, 15) is 0 Å². The minimum Gasteiger partial charge on any atom is -0.413 e. The summed E-state index contributed by atoms with van der Waals surface area (Å²) in [6.07, 6.45) is 0. The maximum atomic E-state index is 6.17. The van der Waals surface area contributed by atoms with Crippen LogP contribution in [-0.2, 0) is 11.0 Å². The summed E-state index contributed by atoms with van der Waals surface area (Å²) in [7, 11) is -1.37. The van der Waals surface area contributed by atoms with Gasteiger partial charge in [-0.2, -0.15) is 11.3 Å². The second-order valence-electron chi connectivity index (χ2n) is 3.66. The highest BCUT2D eigenvalue weighted by Gasteiger charge is 2.28. The van der Waals surface area contributed by atoms with Gasteiger partial charge in [-0.25, -0.2) is 0 Å². The van der Waals surface area contributed by atoms with Gasteiger partial charge in [0.25, 0.3) is 0 Å². The molecule has 0 saturated heterocycles. The van der Waals surface area contributed by atoms with Gasteiger partial charge in [0.05, 0.1) is 6.61 Å². The summed E-state index contributed by atoms with van der Waals surface area (Å²) in [6.45, 7) is 7.64. The molecule has 1 aromatic heterocycles. The number of rotatable bonds is 6. The van der Waals surface area contributed by atoms with Crippen LogP contribution in [0.5, 0.6) is 0 Å². The van der Waals surface area contributed by atoms with Gasteiger partial charge < -0.3 is 4.43 Å². The van der Waals surface area contributed by atoms with E-state index in [-0.39, 0.29) is 0 Å². The van der Waals surface area contributed by atoms with Crippen LogP contribution in [0, 0.1) is 0 Å². The lowest BCUT2D eigenvalue weighted by molar-refractivity contribution is 0.288. The standard InChI is InChI=1S/C11H20OSSi/c1-4-14(5-2,6-3)12-9-11-7-8-13-10-11/h7-8,10H,4-6,9H2,1-3H3. The molecule has 0 fully saturated rings. The van der Waals surface area contributed by atoms with Crippen molar-refractivity contribution in [2.45, 2.75) is 45.5 Å². The van der Waals surface area contributed by atoms with Gasteiger partial charge in [-0.1, -0.05) is 20.8 Å². The fraction of sp³-hybridized carbons (Fsp3) is 0.636. The monoisotopic (exact) mass is 228 g/mol. The largest absolute Gasteiger partial charge is 0.413 e. The Labute approximate surface area is 92.2 Å². The fourth-order valence-electron chi connectivity index (χ4n) is 1.67. The Morgan fingerprint density at radius 2 is 1.86 bits per heavy atom. The van der Waals surface area contributed by atoms with Crippen LogP contribution in [-0.4, -0.2) is 8.32 Å². The molecule has 1 heterocycles. The first-order valence-electron chi connectivity index (χ1n) is 5.41. The van der Waals surface area contributed by atoms with Gasteiger partial charge in [0, 0.05) is 0 Å². The predicted molar refractivity (Wildman–Crippen MR) is 66.3 cm³/mol. The Morgan fingerprint density at radius 1 is 1.21 bits per heavy atom. The molecule has 1 nitrogen and oxygen atoms in total. The van der Waals surface area contributed by atoms with E-state index in [1.54, 1.807) is 11.3 Å². The zero-order valence-electron chi connectivity index (χ0n) is 9.38. The molecule has 0 amide bonds. The van der Waals surface area contributed by atoms with E-state index in [1.807, 2.05) is 0 Å². The van der Waals surface area contributed by atoms with E-state index in [0.717, 1.165) is 6.61 Å². The normalized spacial score (nSPS) is 11.9. The molecule has 0 radical (unpaired) electrons. The average Bonchev–Trinajstić information content (AvgIpc) is 2.74. The van der Waals surface area contributed by atoms with Gasteiger partial charge in [-0.05, 0) is 40.5 Å². The lowest BCUT2D eigenvalue weighted by Crippen LogP contribution is -2.35. The highest BCUT2D eigenvalue weighted by atomic mass is 32.1. The maximum absolute atomic E-state index is 6.17. The average molecular weight is 228 g/mol. The van der Waals surface area contributed by atoms with Crippen molar-refractivity contribution in [1.29, 1.82) is 0 Å². The Morgan fingerprint density at radius 3 is 2.29 bits per heavy atom. The second kappa shape index (κ2) is 5.68. The molecule has 0 aromatic carbocycles. The first-order valence-corrected chi connectivity index (χ1v) is 8.88. The second-order valence-corrected chi connectivity index (χ2v) is 9.22. The van der Waals surface area contributed by atoms with Crippen molar-refractivity contribution >= 4 is 19.7 Å². The van der Waals surface area contributed by atoms with Gasteiger partial charge >= 0.3 is 0 Å². The molecule has 0 bridgehead atoms.